The fourth-order valence-corrected chi connectivity index (χ4v) is 1.66. The fraction of sp³-hybridized carbons (Fsp3) is 0.500. The van der Waals surface area contributed by atoms with E-state index in [4.69, 9.17) is 28.1 Å². The van der Waals surface area contributed by atoms with Gasteiger partial charge in [-0.2, -0.15) is 0 Å². The van der Waals surface area contributed by atoms with Crippen LogP contribution in [0.2, 0.25) is 5.15 Å². The van der Waals surface area contributed by atoms with Crippen molar-refractivity contribution < 1.29 is 4.74 Å². The molecule has 0 saturated heterocycles. The van der Waals surface area contributed by atoms with E-state index in [1.807, 2.05) is 0 Å². The number of halogens is 3. The average Bonchev–Trinajstić information content (AvgIpc) is 2.38. The molecule has 0 fully saturated rings. The first kappa shape index (κ1) is 10.3. The van der Waals surface area contributed by atoms with Gasteiger partial charge in [0.2, 0.25) is 0 Å². The van der Waals surface area contributed by atoms with Crippen molar-refractivity contribution in [1.82, 2.24) is 9.07 Å². The Balaban J connectivity index is 2.93. The predicted octanol–water partition coefficient (Wildman–Crippen LogP) is 2.62. The molecule has 68 valence electrons. The lowest BCUT2D eigenvalue weighted by atomic mass is 10.4. The van der Waals surface area contributed by atoms with Crippen molar-refractivity contribution in [3.8, 4) is 0 Å². The SMILES string of the molecule is COC(CBr)c1ncc(Cl)n1Cl. The Morgan fingerprint density at radius 2 is 2.50 bits per heavy atom. The molecular formula is C6H7BrCl2N2O. The van der Waals surface area contributed by atoms with Gasteiger partial charge in [-0.25, -0.2) is 9.07 Å². The van der Waals surface area contributed by atoms with Crippen LogP contribution in [-0.4, -0.2) is 21.5 Å². The first-order valence-electron chi connectivity index (χ1n) is 3.18. The molecule has 0 amide bonds. The van der Waals surface area contributed by atoms with E-state index >= 15 is 0 Å². The number of hydrogen-bond donors (Lipinski definition) is 0. The molecule has 1 unspecified atom stereocenters. The van der Waals surface area contributed by atoms with E-state index in [9.17, 15) is 0 Å². The van der Waals surface area contributed by atoms with Gasteiger partial charge in [0, 0.05) is 24.2 Å². The van der Waals surface area contributed by atoms with Gasteiger partial charge >= 0.3 is 0 Å². The summed E-state index contributed by atoms with van der Waals surface area (Å²) in [5.41, 5.74) is 0. The summed E-state index contributed by atoms with van der Waals surface area (Å²) in [6.07, 6.45) is 1.31. The third kappa shape index (κ3) is 1.93. The van der Waals surface area contributed by atoms with Gasteiger partial charge in [0.15, 0.2) is 5.82 Å². The number of rotatable bonds is 3. The number of methoxy groups -OCH3 is 1. The van der Waals surface area contributed by atoms with E-state index in [1.54, 1.807) is 7.11 Å². The zero-order valence-corrected chi connectivity index (χ0v) is 9.40. The summed E-state index contributed by atoms with van der Waals surface area (Å²) in [5, 5.41) is 1.01. The van der Waals surface area contributed by atoms with Gasteiger partial charge in [0.1, 0.15) is 11.3 Å². The smallest absolute Gasteiger partial charge is 0.154 e. The van der Waals surface area contributed by atoms with Crippen molar-refractivity contribution in [1.29, 1.82) is 0 Å². The van der Waals surface area contributed by atoms with E-state index in [1.165, 1.54) is 10.3 Å². The minimum Gasteiger partial charge on any atom is -0.373 e. The van der Waals surface area contributed by atoms with Crippen molar-refractivity contribution >= 4 is 39.3 Å². The monoisotopic (exact) mass is 272 g/mol. The summed E-state index contributed by atoms with van der Waals surface area (Å²) >= 11 is 14.7. The highest BCUT2D eigenvalue weighted by Crippen LogP contribution is 2.22. The van der Waals surface area contributed by atoms with Crippen LogP contribution in [0.1, 0.15) is 11.9 Å². The minimum atomic E-state index is -0.171. The third-order valence-electron chi connectivity index (χ3n) is 1.40. The van der Waals surface area contributed by atoms with Crippen LogP contribution in [0.3, 0.4) is 0 Å². The predicted molar refractivity (Wildman–Crippen MR) is 52.0 cm³/mol. The molecule has 1 rings (SSSR count). The minimum absolute atomic E-state index is 0.171. The molecule has 1 aromatic rings. The first-order valence-corrected chi connectivity index (χ1v) is 5.02. The van der Waals surface area contributed by atoms with Crippen molar-refractivity contribution in [2.24, 2.45) is 0 Å². The number of nitrogens with zero attached hydrogens (tertiary/aromatic N) is 2. The molecule has 12 heavy (non-hydrogen) atoms. The van der Waals surface area contributed by atoms with Crippen molar-refractivity contribution in [3.05, 3.63) is 17.2 Å². The number of hydrogen-bond acceptors (Lipinski definition) is 2. The van der Waals surface area contributed by atoms with Crippen LogP contribution in [-0.2, 0) is 4.74 Å². The van der Waals surface area contributed by atoms with Gasteiger partial charge in [0.25, 0.3) is 0 Å². The quantitative estimate of drug-likeness (QED) is 0.792. The fourth-order valence-electron chi connectivity index (χ4n) is 0.777. The largest absolute Gasteiger partial charge is 0.373 e. The van der Waals surface area contributed by atoms with Crippen LogP contribution in [0.5, 0.6) is 0 Å². The Morgan fingerprint density at radius 3 is 2.83 bits per heavy atom. The molecule has 0 spiro atoms. The lowest BCUT2D eigenvalue weighted by Crippen LogP contribution is -2.07. The average molecular weight is 274 g/mol. The van der Waals surface area contributed by atoms with E-state index in [0.29, 0.717) is 16.3 Å². The highest BCUT2D eigenvalue weighted by molar-refractivity contribution is 9.09. The zero-order valence-electron chi connectivity index (χ0n) is 6.30. The molecule has 3 nitrogen and oxygen atoms in total. The molecule has 0 aliphatic carbocycles. The van der Waals surface area contributed by atoms with Crippen LogP contribution >= 0.6 is 39.3 Å². The highest BCUT2D eigenvalue weighted by atomic mass is 79.9. The lowest BCUT2D eigenvalue weighted by Gasteiger charge is -2.09. The number of aromatic nitrogens is 2. The summed E-state index contributed by atoms with van der Waals surface area (Å²) in [6.45, 7) is 0. The molecule has 0 saturated carbocycles. The second kappa shape index (κ2) is 4.46. The van der Waals surface area contributed by atoms with Crippen molar-refractivity contribution in [2.45, 2.75) is 6.10 Å². The van der Waals surface area contributed by atoms with Crippen LogP contribution in [0.25, 0.3) is 0 Å². The molecule has 0 aliphatic rings. The lowest BCUT2D eigenvalue weighted by molar-refractivity contribution is 0.116. The topological polar surface area (TPSA) is 27.1 Å². The molecule has 0 bridgehead atoms. The Labute approximate surface area is 88.9 Å². The standard InChI is InChI=1S/C6H7BrCl2N2O/c1-12-4(2-7)6-10-3-5(8)11(6)9/h3-4H,2H2,1H3. The van der Waals surface area contributed by atoms with Gasteiger partial charge in [0.05, 0.1) is 6.20 Å². The van der Waals surface area contributed by atoms with Gasteiger partial charge in [-0.3, -0.25) is 0 Å². The highest BCUT2D eigenvalue weighted by Gasteiger charge is 2.16. The molecular weight excluding hydrogens is 267 g/mol. The van der Waals surface area contributed by atoms with Gasteiger partial charge in [-0.05, 0) is 0 Å². The maximum Gasteiger partial charge on any atom is 0.154 e. The van der Waals surface area contributed by atoms with Crippen molar-refractivity contribution in [2.75, 3.05) is 12.4 Å². The van der Waals surface area contributed by atoms with Crippen LogP contribution < -0.4 is 0 Å². The second-order valence-electron chi connectivity index (χ2n) is 2.10. The molecule has 6 heteroatoms. The second-order valence-corrected chi connectivity index (χ2v) is 3.47. The summed E-state index contributed by atoms with van der Waals surface area (Å²) in [5.74, 6) is 0.598. The third-order valence-corrected chi connectivity index (χ3v) is 2.70. The van der Waals surface area contributed by atoms with E-state index < -0.39 is 0 Å². The number of ether oxygens (including phenoxy) is 1. The molecule has 0 aliphatic heterocycles. The van der Waals surface area contributed by atoms with E-state index in [2.05, 4.69) is 20.9 Å². The normalized spacial score (nSPS) is 13.3. The molecule has 0 N–H and O–H groups in total. The maximum atomic E-state index is 5.78. The van der Waals surface area contributed by atoms with E-state index in [-0.39, 0.29) is 6.10 Å². The van der Waals surface area contributed by atoms with Crippen LogP contribution in [0.15, 0.2) is 6.20 Å². The van der Waals surface area contributed by atoms with Crippen LogP contribution in [0.4, 0.5) is 0 Å². The Kier molecular flexibility index (Phi) is 3.83. The number of alkyl halides is 1. The summed E-state index contributed by atoms with van der Waals surface area (Å²) < 4.78 is 6.38. The van der Waals surface area contributed by atoms with Gasteiger partial charge < -0.3 is 4.74 Å². The summed E-state index contributed by atoms with van der Waals surface area (Å²) in [7, 11) is 1.59. The Hall–Kier alpha value is 0.230. The summed E-state index contributed by atoms with van der Waals surface area (Å²) in [4.78, 5) is 4.00. The molecule has 1 atom stereocenters. The maximum absolute atomic E-state index is 5.78. The van der Waals surface area contributed by atoms with Gasteiger partial charge in [-0.1, -0.05) is 27.5 Å². The Bertz CT molecular complexity index is 262. The zero-order chi connectivity index (χ0) is 9.14. The Morgan fingerprint density at radius 1 is 1.83 bits per heavy atom. The van der Waals surface area contributed by atoms with Crippen molar-refractivity contribution in [3.63, 3.8) is 0 Å². The molecule has 0 aromatic carbocycles. The molecule has 0 radical (unpaired) electrons. The van der Waals surface area contributed by atoms with Crippen LogP contribution in [0, 0.1) is 0 Å². The molecule has 1 heterocycles. The van der Waals surface area contributed by atoms with Gasteiger partial charge in [-0.15, -0.1) is 0 Å². The molecule has 1 aromatic heterocycles. The summed E-state index contributed by atoms with van der Waals surface area (Å²) in [6, 6.07) is 0. The van der Waals surface area contributed by atoms with E-state index in [0.717, 1.165) is 0 Å². The first-order chi connectivity index (χ1) is 5.70. The number of imidazole rings is 1.